The summed E-state index contributed by atoms with van der Waals surface area (Å²) in [7, 11) is -3.58. The van der Waals surface area contributed by atoms with Gasteiger partial charge in [-0.2, -0.15) is 11.8 Å². The molecular formula is C12H17ClN2O2S2. The summed E-state index contributed by atoms with van der Waals surface area (Å²) in [5.74, 6) is 1.08. The number of hydrogen-bond donors (Lipinski definition) is 2. The molecule has 0 amide bonds. The van der Waals surface area contributed by atoms with Crippen LogP contribution in [-0.2, 0) is 10.0 Å². The van der Waals surface area contributed by atoms with Crippen LogP contribution in [0.15, 0.2) is 23.1 Å². The summed E-state index contributed by atoms with van der Waals surface area (Å²) in [6, 6.07) is 4.41. The number of nitrogens with two attached hydrogens (primary N) is 1. The molecule has 1 aromatic carbocycles. The van der Waals surface area contributed by atoms with Gasteiger partial charge in [0.25, 0.3) is 0 Å². The van der Waals surface area contributed by atoms with E-state index in [0.29, 0.717) is 11.6 Å². The van der Waals surface area contributed by atoms with Crippen molar-refractivity contribution in [1.82, 2.24) is 4.72 Å². The Morgan fingerprint density at radius 2 is 2.26 bits per heavy atom. The van der Waals surface area contributed by atoms with E-state index in [0.717, 1.165) is 18.6 Å². The van der Waals surface area contributed by atoms with Crippen molar-refractivity contribution in [3.8, 4) is 0 Å². The molecule has 19 heavy (non-hydrogen) atoms. The largest absolute Gasteiger partial charge is 0.398 e. The van der Waals surface area contributed by atoms with E-state index in [1.165, 1.54) is 18.2 Å². The van der Waals surface area contributed by atoms with Crippen LogP contribution in [0.2, 0.25) is 5.02 Å². The Morgan fingerprint density at radius 1 is 1.53 bits per heavy atom. The van der Waals surface area contributed by atoms with Crippen LogP contribution in [0.1, 0.15) is 19.8 Å². The van der Waals surface area contributed by atoms with Gasteiger partial charge in [0.05, 0.1) is 5.69 Å². The summed E-state index contributed by atoms with van der Waals surface area (Å²) in [5, 5.41) is 0.426. The molecule has 1 fully saturated rings. The van der Waals surface area contributed by atoms with Crippen LogP contribution < -0.4 is 10.5 Å². The van der Waals surface area contributed by atoms with Gasteiger partial charge in [0.15, 0.2) is 0 Å². The van der Waals surface area contributed by atoms with Crippen molar-refractivity contribution < 1.29 is 8.42 Å². The van der Waals surface area contributed by atoms with Crippen molar-refractivity contribution in [2.45, 2.75) is 29.4 Å². The lowest BCUT2D eigenvalue weighted by Gasteiger charge is -2.23. The highest BCUT2D eigenvalue weighted by atomic mass is 35.5. The Hall–Kier alpha value is -0.430. The Balaban J connectivity index is 2.14. The summed E-state index contributed by atoms with van der Waals surface area (Å²) in [5.41, 5.74) is 5.89. The maximum Gasteiger partial charge on any atom is 0.242 e. The summed E-state index contributed by atoms with van der Waals surface area (Å²) in [4.78, 5) is 0.0866. The maximum atomic E-state index is 12.2. The highest BCUT2D eigenvalue weighted by Crippen LogP contribution is 2.37. The third-order valence-electron chi connectivity index (χ3n) is 3.20. The maximum absolute atomic E-state index is 12.2. The Kier molecular flexibility index (Phi) is 4.35. The Morgan fingerprint density at radius 3 is 2.84 bits per heavy atom. The van der Waals surface area contributed by atoms with Crippen LogP contribution in [0, 0.1) is 0 Å². The van der Waals surface area contributed by atoms with Crippen LogP contribution in [0.3, 0.4) is 0 Å². The predicted molar refractivity (Wildman–Crippen MR) is 81.1 cm³/mol. The summed E-state index contributed by atoms with van der Waals surface area (Å²) in [6.45, 7) is 2.50. The number of rotatable bonds is 4. The first kappa shape index (κ1) is 15.0. The van der Waals surface area contributed by atoms with Crippen LogP contribution >= 0.6 is 23.4 Å². The van der Waals surface area contributed by atoms with Crippen molar-refractivity contribution in [3.63, 3.8) is 0 Å². The van der Waals surface area contributed by atoms with Gasteiger partial charge < -0.3 is 5.73 Å². The van der Waals surface area contributed by atoms with Gasteiger partial charge >= 0.3 is 0 Å². The molecule has 1 atom stereocenters. The number of hydrogen-bond acceptors (Lipinski definition) is 4. The first-order chi connectivity index (χ1) is 8.82. The molecule has 7 heteroatoms. The molecule has 1 aliphatic rings. The van der Waals surface area contributed by atoms with Crippen molar-refractivity contribution in [2.75, 3.05) is 18.0 Å². The van der Waals surface area contributed by atoms with E-state index < -0.39 is 10.0 Å². The average molecular weight is 321 g/mol. The van der Waals surface area contributed by atoms with E-state index in [2.05, 4.69) is 11.6 Å². The van der Waals surface area contributed by atoms with Gasteiger partial charge in [-0.25, -0.2) is 13.1 Å². The zero-order chi connectivity index (χ0) is 14.1. The second-order valence-corrected chi connectivity index (χ2v) is 8.76. The van der Waals surface area contributed by atoms with Gasteiger partial charge in [-0.3, -0.25) is 0 Å². The van der Waals surface area contributed by atoms with E-state index in [4.69, 9.17) is 17.3 Å². The predicted octanol–water partition coefficient (Wildman–Crippen LogP) is 2.49. The molecule has 0 saturated carbocycles. The third kappa shape index (κ3) is 3.56. The number of anilines is 1. The number of nitrogens with one attached hydrogen (secondary N) is 1. The van der Waals surface area contributed by atoms with Crippen LogP contribution in [-0.4, -0.2) is 25.5 Å². The van der Waals surface area contributed by atoms with Crippen molar-refractivity contribution in [3.05, 3.63) is 23.2 Å². The molecule has 4 nitrogen and oxygen atoms in total. The second kappa shape index (κ2) is 5.52. The molecule has 1 aromatic rings. The minimum atomic E-state index is -3.58. The van der Waals surface area contributed by atoms with E-state index in [9.17, 15) is 8.42 Å². The topological polar surface area (TPSA) is 72.2 Å². The molecule has 0 aliphatic carbocycles. The monoisotopic (exact) mass is 320 g/mol. The number of benzene rings is 1. The minimum absolute atomic E-state index is 0.0196. The third-order valence-corrected chi connectivity index (χ3v) is 6.45. The zero-order valence-electron chi connectivity index (χ0n) is 10.6. The second-order valence-electron chi connectivity index (χ2n) is 4.91. The standard InChI is InChI=1S/C12H17ClN2O2S2/c1-12(5-2-6-18-12)8-15-19(16,17)11-4-3-9(13)7-10(11)14/h3-4,7,15H,2,5-6,8,14H2,1H3. The first-order valence-electron chi connectivity index (χ1n) is 6.01. The normalized spacial score (nSPS) is 23.7. The molecule has 1 heterocycles. The highest BCUT2D eigenvalue weighted by molar-refractivity contribution is 8.01. The van der Waals surface area contributed by atoms with Gasteiger partial charge in [-0.15, -0.1) is 0 Å². The van der Waals surface area contributed by atoms with Crippen molar-refractivity contribution in [1.29, 1.82) is 0 Å². The summed E-state index contributed by atoms with van der Waals surface area (Å²) in [6.07, 6.45) is 2.16. The molecule has 2 rings (SSSR count). The zero-order valence-corrected chi connectivity index (χ0v) is 13.0. The lowest BCUT2D eigenvalue weighted by atomic mass is 10.1. The lowest BCUT2D eigenvalue weighted by molar-refractivity contribution is 0.553. The molecule has 1 saturated heterocycles. The minimum Gasteiger partial charge on any atom is -0.398 e. The smallest absolute Gasteiger partial charge is 0.242 e. The molecule has 0 aromatic heterocycles. The van der Waals surface area contributed by atoms with Crippen LogP contribution in [0.4, 0.5) is 5.69 Å². The van der Waals surface area contributed by atoms with E-state index in [1.54, 1.807) is 0 Å². The molecule has 1 aliphatic heterocycles. The van der Waals surface area contributed by atoms with Gasteiger partial charge in [-0.1, -0.05) is 11.6 Å². The van der Waals surface area contributed by atoms with Crippen LogP contribution in [0.25, 0.3) is 0 Å². The van der Waals surface area contributed by atoms with E-state index >= 15 is 0 Å². The molecular weight excluding hydrogens is 304 g/mol. The summed E-state index contributed by atoms with van der Waals surface area (Å²) >= 11 is 7.58. The fourth-order valence-electron chi connectivity index (χ4n) is 2.07. The highest BCUT2D eigenvalue weighted by Gasteiger charge is 2.31. The van der Waals surface area contributed by atoms with Crippen molar-refractivity contribution >= 4 is 39.1 Å². The lowest BCUT2D eigenvalue weighted by Crippen LogP contribution is -2.36. The van der Waals surface area contributed by atoms with Crippen LogP contribution in [0.5, 0.6) is 0 Å². The fourth-order valence-corrected chi connectivity index (χ4v) is 4.86. The summed E-state index contributed by atoms with van der Waals surface area (Å²) < 4.78 is 27.1. The average Bonchev–Trinajstić information content (AvgIpc) is 2.74. The molecule has 106 valence electrons. The number of halogens is 1. The Labute approximate surface area is 123 Å². The molecule has 0 radical (unpaired) electrons. The van der Waals surface area contributed by atoms with Gasteiger partial charge in [0.2, 0.25) is 10.0 Å². The van der Waals surface area contributed by atoms with Gasteiger partial charge in [-0.05, 0) is 43.7 Å². The first-order valence-corrected chi connectivity index (χ1v) is 8.86. The van der Waals surface area contributed by atoms with Gasteiger partial charge in [0, 0.05) is 16.3 Å². The van der Waals surface area contributed by atoms with E-state index in [1.807, 2.05) is 11.8 Å². The number of nitrogen functional groups attached to an aromatic ring is 1. The number of sulfonamides is 1. The van der Waals surface area contributed by atoms with E-state index in [-0.39, 0.29) is 15.3 Å². The molecule has 3 N–H and O–H groups in total. The fraction of sp³-hybridized carbons (Fsp3) is 0.500. The molecule has 0 spiro atoms. The molecule has 0 bridgehead atoms. The quantitative estimate of drug-likeness (QED) is 0.836. The Bertz CT molecular complexity index is 569. The van der Waals surface area contributed by atoms with Gasteiger partial charge in [0.1, 0.15) is 4.90 Å². The number of thioether (sulfide) groups is 1. The SMILES string of the molecule is CC1(CNS(=O)(=O)c2ccc(Cl)cc2N)CCCS1. The molecule has 1 unspecified atom stereocenters. The van der Waals surface area contributed by atoms with Crippen molar-refractivity contribution in [2.24, 2.45) is 0 Å².